The monoisotopic (exact) mass is 361 g/mol. The largest absolute Gasteiger partial charge is 0.317 e. The summed E-state index contributed by atoms with van der Waals surface area (Å²) in [6, 6.07) is 1.66. The van der Waals surface area contributed by atoms with Crippen molar-refractivity contribution < 1.29 is 4.21 Å². The highest BCUT2D eigenvalue weighted by Gasteiger charge is 2.27. The second kappa shape index (κ2) is 6.56. The fraction of sp³-hybridized carbons (Fsp3) is 0.667. The molecule has 0 spiro atoms. The average Bonchev–Trinajstić information content (AvgIpc) is 2.29. The molecule has 0 saturated carbocycles. The van der Waals surface area contributed by atoms with Crippen molar-refractivity contribution >= 4 is 26.7 Å². The lowest BCUT2D eigenvalue weighted by Crippen LogP contribution is -2.29. The molecule has 20 heavy (non-hydrogen) atoms. The number of halogens is 1. The van der Waals surface area contributed by atoms with E-state index in [1.807, 2.05) is 20.8 Å². The predicted molar refractivity (Wildman–Crippen MR) is 89.7 cm³/mol. The van der Waals surface area contributed by atoms with E-state index in [2.05, 4.69) is 29.8 Å². The summed E-state index contributed by atoms with van der Waals surface area (Å²) < 4.78 is 14.6. The van der Waals surface area contributed by atoms with Crippen molar-refractivity contribution in [3.05, 3.63) is 32.7 Å². The van der Waals surface area contributed by atoms with Crippen LogP contribution in [0.25, 0.3) is 0 Å². The third-order valence-corrected chi connectivity index (χ3v) is 6.12. The molecule has 1 rings (SSSR count). The van der Waals surface area contributed by atoms with Crippen LogP contribution in [0.1, 0.15) is 46.1 Å². The number of pyridine rings is 1. The molecule has 1 aromatic heterocycles. The summed E-state index contributed by atoms with van der Waals surface area (Å²) in [6.45, 7) is 10.2. The van der Waals surface area contributed by atoms with Crippen LogP contribution >= 0.6 is 15.9 Å². The number of rotatable bonds is 4. The minimum absolute atomic E-state index is 0.0320. The Labute approximate surface area is 132 Å². The predicted octanol–water partition coefficient (Wildman–Crippen LogP) is 3.43. The van der Waals surface area contributed by atoms with Crippen molar-refractivity contribution in [1.82, 2.24) is 4.57 Å². The van der Waals surface area contributed by atoms with Gasteiger partial charge < -0.3 is 4.57 Å². The van der Waals surface area contributed by atoms with Crippen LogP contribution in [0, 0.1) is 5.92 Å². The Morgan fingerprint density at radius 1 is 1.35 bits per heavy atom. The first-order valence-corrected chi connectivity index (χ1v) is 8.89. The van der Waals surface area contributed by atoms with Crippen LogP contribution in [0.4, 0.5) is 0 Å². The fourth-order valence-electron chi connectivity index (χ4n) is 1.95. The van der Waals surface area contributed by atoms with Gasteiger partial charge in [0.2, 0.25) is 0 Å². The van der Waals surface area contributed by atoms with Crippen molar-refractivity contribution in [2.75, 3.05) is 5.75 Å². The lowest BCUT2D eigenvalue weighted by atomic mass is 9.91. The lowest BCUT2D eigenvalue weighted by molar-refractivity contribution is 0.527. The Morgan fingerprint density at radius 3 is 2.35 bits per heavy atom. The van der Waals surface area contributed by atoms with Gasteiger partial charge >= 0.3 is 0 Å². The minimum atomic E-state index is -0.938. The Hall–Kier alpha value is -0.420. The first kappa shape index (κ1) is 17.6. The van der Waals surface area contributed by atoms with Crippen molar-refractivity contribution in [3.63, 3.8) is 0 Å². The summed E-state index contributed by atoms with van der Waals surface area (Å²) in [5.41, 5.74) is 0.927. The molecular weight excluding hydrogens is 338 g/mol. The summed E-state index contributed by atoms with van der Waals surface area (Å²) >= 11 is 3.53. The van der Waals surface area contributed by atoms with Gasteiger partial charge in [-0.2, -0.15) is 0 Å². The molecule has 0 fully saturated rings. The second-order valence-corrected chi connectivity index (χ2v) is 9.60. The van der Waals surface area contributed by atoms with Gasteiger partial charge in [-0.25, -0.2) is 0 Å². The summed E-state index contributed by atoms with van der Waals surface area (Å²) in [5.74, 6) is 1.01. The van der Waals surface area contributed by atoms with Crippen LogP contribution in [-0.4, -0.2) is 19.3 Å². The van der Waals surface area contributed by atoms with Gasteiger partial charge in [0.15, 0.2) is 0 Å². The molecule has 0 amide bonds. The molecule has 1 heterocycles. The highest BCUT2D eigenvalue weighted by atomic mass is 79.9. The maximum Gasteiger partial charge on any atom is 0.250 e. The summed E-state index contributed by atoms with van der Waals surface area (Å²) in [5, 5.41) is 0. The van der Waals surface area contributed by atoms with E-state index in [1.165, 1.54) is 0 Å². The van der Waals surface area contributed by atoms with Crippen molar-refractivity contribution in [2.45, 2.75) is 45.3 Å². The zero-order chi connectivity index (χ0) is 15.7. The Balaban J connectivity index is 3.19. The quantitative estimate of drug-likeness (QED) is 0.823. The van der Waals surface area contributed by atoms with Crippen molar-refractivity contribution in [1.29, 1.82) is 0 Å². The zero-order valence-electron chi connectivity index (χ0n) is 13.1. The first-order valence-electron chi connectivity index (χ1n) is 6.78. The normalized spacial score (nSPS) is 15.4. The highest BCUT2D eigenvalue weighted by Crippen LogP contribution is 2.32. The van der Waals surface area contributed by atoms with E-state index in [-0.39, 0.29) is 16.2 Å². The molecule has 114 valence electrons. The second-order valence-electron chi connectivity index (χ2n) is 6.50. The number of nitrogens with zero attached hydrogens (tertiary/aromatic N) is 1. The standard InChI is InChI=1S/C15H24BrNO2S/c1-10(2)12(9-20(19)15(3,4)5)11-7-14(18)17(6)8-13(11)16/h7-8,10,12H,9H2,1-6H3/t12-,20+/m0/s1. The minimum Gasteiger partial charge on any atom is -0.317 e. The van der Waals surface area contributed by atoms with Crippen LogP contribution in [0.15, 0.2) is 21.5 Å². The molecule has 0 aromatic carbocycles. The SMILES string of the molecule is CC(C)[C@H](C[S@@](=O)C(C)(C)C)c1cc(=O)n(C)cc1Br. The van der Waals surface area contributed by atoms with Gasteiger partial charge in [0, 0.05) is 45.1 Å². The van der Waals surface area contributed by atoms with E-state index in [9.17, 15) is 9.00 Å². The average molecular weight is 362 g/mol. The van der Waals surface area contributed by atoms with Gasteiger partial charge in [-0.15, -0.1) is 0 Å². The zero-order valence-corrected chi connectivity index (χ0v) is 15.5. The van der Waals surface area contributed by atoms with Crippen LogP contribution < -0.4 is 5.56 Å². The smallest absolute Gasteiger partial charge is 0.250 e. The van der Waals surface area contributed by atoms with E-state index in [4.69, 9.17) is 0 Å². The molecule has 5 heteroatoms. The fourth-order valence-corrected chi connectivity index (χ4v) is 4.06. The van der Waals surface area contributed by atoms with E-state index >= 15 is 0 Å². The van der Waals surface area contributed by atoms with Gasteiger partial charge in [0.1, 0.15) is 0 Å². The maximum atomic E-state index is 12.4. The molecule has 1 aromatic rings. The van der Waals surface area contributed by atoms with E-state index in [0.29, 0.717) is 11.7 Å². The van der Waals surface area contributed by atoms with Gasteiger partial charge in [0.25, 0.3) is 5.56 Å². The number of aryl methyl sites for hydroxylation is 1. The Kier molecular flexibility index (Phi) is 5.79. The molecule has 0 bridgehead atoms. The van der Waals surface area contributed by atoms with E-state index in [1.54, 1.807) is 23.9 Å². The molecule has 3 nitrogen and oxygen atoms in total. The molecule has 0 aliphatic carbocycles. The van der Waals surface area contributed by atoms with Gasteiger partial charge in [-0.3, -0.25) is 9.00 Å². The number of aromatic nitrogens is 1. The van der Waals surface area contributed by atoms with Crippen LogP contribution in [0.3, 0.4) is 0 Å². The number of hydrogen-bond acceptors (Lipinski definition) is 2. The van der Waals surface area contributed by atoms with Crippen molar-refractivity contribution in [2.24, 2.45) is 13.0 Å². The van der Waals surface area contributed by atoms with Crippen LogP contribution in [-0.2, 0) is 17.8 Å². The summed E-state index contributed by atoms with van der Waals surface area (Å²) in [7, 11) is 0.792. The maximum absolute atomic E-state index is 12.4. The van der Waals surface area contributed by atoms with Gasteiger partial charge in [-0.1, -0.05) is 13.8 Å². The molecule has 0 saturated heterocycles. The topological polar surface area (TPSA) is 39.1 Å². The van der Waals surface area contributed by atoms with E-state index in [0.717, 1.165) is 10.0 Å². The lowest BCUT2D eigenvalue weighted by Gasteiger charge is -2.26. The molecular formula is C15H24BrNO2S. The van der Waals surface area contributed by atoms with E-state index < -0.39 is 10.8 Å². The third kappa shape index (κ3) is 4.29. The summed E-state index contributed by atoms with van der Waals surface area (Å²) in [6.07, 6.45) is 1.78. The Morgan fingerprint density at radius 2 is 1.90 bits per heavy atom. The molecule has 2 atom stereocenters. The van der Waals surface area contributed by atoms with Gasteiger partial charge in [-0.05, 0) is 54.1 Å². The van der Waals surface area contributed by atoms with Crippen molar-refractivity contribution in [3.8, 4) is 0 Å². The van der Waals surface area contributed by atoms with Crippen LogP contribution in [0.5, 0.6) is 0 Å². The molecule has 0 N–H and O–H groups in total. The number of hydrogen-bond donors (Lipinski definition) is 0. The third-order valence-electron chi connectivity index (χ3n) is 3.43. The van der Waals surface area contributed by atoms with Crippen LogP contribution in [0.2, 0.25) is 0 Å². The van der Waals surface area contributed by atoms with Gasteiger partial charge in [0.05, 0.1) is 0 Å². The molecule has 0 unspecified atom stereocenters. The highest BCUT2D eigenvalue weighted by molar-refractivity contribution is 9.10. The Bertz CT molecular complexity index is 558. The summed E-state index contributed by atoms with van der Waals surface area (Å²) in [4.78, 5) is 11.9. The molecule has 0 aliphatic heterocycles. The molecule has 0 radical (unpaired) electrons. The first-order chi connectivity index (χ1) is 9.04. The molecule has 0 aliphatic rings.